The van der Waals surface area contributed by atoms with E-state index in [0.29, 0.717) is 0 Å². The Morgan fingerprint density at radius 2 is 1.62 bits per heavy atom. The smallest absolute Gasteiger partial charge is 0.0482 e. The summed E-state index contributed by atoms with van der Waals surface area (Å²) in [7, 11) is 0. The van der Waals surface area contributed by atoms with E-state index in [1.807, 2.05) is 12.1 Å². The third-order valence-corrected chi connectivity index (χ3v) is 4.60. The summed E-state index contributed by atoms with van der Waals surface area (Å²) < 4.78 is 1.18. The molecule has 0 aliphatic carbocycles. The highest BCUT2D eigenvalue weighted by atomic mass is 127. The molecule has 0 saturated carbocycles. The number of hydrogen-bond acceptors (Lipinski definition) is 2. The lowest BCUT2D eigenvalue weighted by Gasteiger charge is -2.11. The first-order valence-electron chi connectivity index (χ1n) is 7.51. The Hall–Kier alpha value is -1.23. The molecule has 21 heavy (non-hydrogen) atoms. The highest BCUT2D eigenvalue weighted by molar-refractivity contribution is 14.1. The topological polar surface area (TPSA) is 52.0 Å². The first kappa shape index (κ1) is 16.1. The van der Waals surface area contributed by atoms with E-state index in [1.54, 1.807) is 0 Å². The molecule has 0 spiro atoms. The molecule has 2 aromatic rings. The van der Waals surface area contributed by atoms with Crippen LogP contribution in [-0.2, 0) is 19.3 Å². The van der Waals surface area contributed by atoms with Gasteiger partial charge in [-0.05, 0) is 83.2 Å². The number of benzene rings is 2. The fraction of sp³-hybridized carbons (Fsp3) is 0.333. The Labute approximate surface area is 141 Å². The number of anilines is 2. The summed E-state index contributed by atoms with van der Waals surface area (Å²) in [6, 6.07) is 12.6. The molecule has 0 bridgehead atoms. The van der Waals surface area contributed by atoms with Gasteiger partial charge in [0, 0.05) is 14.9 Å². The van der Waals surface area contributed by atoms with Crippen molar-refractivity contribution in [2.45, 2.75) is 39.0 Å². The molecule has 3 heteroatoms. The zero-order valence-corrected chi connectivity index (χ0v) is 14.7. The van der Waals surface area contributed by atoms with Gasteiger partial charge < -0.3 is 11.5 Å². The first-order chi connectivity index (χ1) is 10.1. The molecule has 0 aromatic heterocycles. The zero-order valence-electron chi connectivity index (χ0n) is 12.5. The first-order valence-corrected chi connectivity index (χ1v) is 8.59. The monoisotopic (exact) mass is 394 g/mol. The van der Waals surface area contributed by atoms with E-state index in [-0.39, 0.29) is 0 Å². The van der Waals surface area contributed by atoms with Crippen LogP contribution in [0.2, 0.25) is 0 Å². The Balaban J connectivity index is 2.00. The van der Waals surface area contributed by atoms with Crippen molar-refractivity contribution in [3.05, 3.63) is 56.7 Å². The fourth-order valence-corrected chi connectivity index (χ4v) is 3.29. The number of aryl methyl sites for hydroxylation is 3. The lowest BCUT2D eigenvalue weighted by Crippen LogP contribution is -2.01. The van der Waals surface area contributed by atoms with Crippen LogP contribution >= 0.6 is 22.6 Å². The summed E-state index contributed by atoms with van der Waals surface area (Å²) in [6.45, 7) is 2.21. The summed E-state index contributed by atoms with van der Waals surface area (Å²) in [4.78, 5) is 0. The van der Waals surface area contributed by atoms with Gasteiger partial charge in [-0.15, -0.1) is 0 Å². The number of rotatable bonds is 6. The van der Waals surface area contributed by atoms with E-state index < -0.39 is 0 Å². The molecule has 2 aromatic carbocycles. The Bertz CT molecular complexity index is 591. The second-order valence-corrected chi connectivity index (χ2v) is 6.66. The number of halogens is 1. The lowest BCUT2D eigenvalue weighted by molar-refractivity contribution is 0.818. The maximum Gasteiger partial charge on any atom is 0.0482 e. The predicted octanol–water partition coefficient (Wildman–Crippen LogP) is 4.58. The average molecular weight is 394 g/mol. The minimum absolute atomic E-state index is 0.824. The van der Waals surface area contributed by atoms with Crippen molar-refractivity contribution in [3.63, 3.8) is 0 Å². The van der Waals surface area contributed by atoms with Crippen molar-refractivity contribution in [1.29, 1.82) is 0 Å². The van der Waals surface area contributed by atoms with E-state index in [0.717, 1.165) is 37.1 Å². The third kappa shape index (κ3) is 4.63. The maximum atomic E-state index is 6.22. The van der Waals surface area contributed by atoms with Crippen LogP contribution in [0.4, 0.5) is 11.4 Å². The van der Waals surface area contributed by atoms with E-state index in [9.17, 15) is 0 Å². The largest absolute Gasteiger partial charge is 0.399 e. The van der Waals surface area contributed by atoms with Crippen molar-refractivity contribution in [2.24, 2.45) is 0 Å². The molecule has 4 N–H and O–H groups in total. The van der Waals surface area contributed by atoms with Gasteiger partial charge in [-0.2, -0.15) is 0 Å². The van der Waals surface area contributed by atoms with Crippen LogP contribution < -0.4 is 11.5 Å². The van der Waals surface area contributed by atoms with Gasteiger partial charge in [0.25, 0.3) is 0 Å². The van der Waals surface area contributed by atoms with Crippen LogP contribution in [0.25, 0.3) is 0 Å². The minimum Gasteiger partial charge on any atom is -0.399 e. The number of nitrogen functional groups attached to an aromatic ring is 2. The van der Waals surface area contributed by atoms with Crippen LogP contribution in [0.1, 0.15) is 36.5 Å². The summed E-state index contributed by atoms with van der Waals surface area (Å²) in [6.07, 6.45) is 5.50. The maximum absolute atomic E-state index is 6.22. The van der Waals surface area contributed by atoms with Crippen LogP contribution in [-0.4, -0.2) is 0 Å². The van der Waals surface area contributed by atoms with Gasteiger partial charge in [-0.1, -0.05) is 31.5 Å². The fourth-order valence-electron chi connectivity index (χ4n) is 2.54. The molecule has 0 aliphatic heterocycles. The molecule has 0 aliphatic rings. The molecule has 112 valence electrons. The summed E-state index contributed by atoms with van der Waals surface area (Å²) in [5.74, 6) is 0. The van der Waals surface area contributed by atoms with Crippen molar-refractivity contribution < 1.29 is 0 Å². The van der Waals surface area contributed by atoms with Gasteiger partial charge >= 0.3 is 0 Å². The van der Waals surface area contributed by atoms with Gasteiger partial charge in [0.2, 0.25) is 0 Å². The molecule has 0 fully saturated rings. The van der Waals surface area contributed by atoms with Crippen molar-refractivity contribution >= 4 is 34.0 Å². The minimum atomic E-state index is 0.824. The van der Waals surface area contributed by atoms with Crippen LogP contribution in [0.15, 0.2) is 36.4 Å². The van der Waals surface area contributed by atoms with Gasteiger partial charge in [0.05, 0.1) is 0 Å². The Morgan fingerprint density at radius 1 is 0.905 bits per heavy atom. The predicted molar refractivity (Wildman–Crippen MR) is 100 cm³/mol. The quantitative estimate of drug-likeness (QED) is 0.557. The van der Waals surface area contributed by atoms with Gasteiger partial charge in [-0.3, -0.25) is 0 Å². The molecule has 2 rings (SSSR count). The van der Waals surface area contributed by atoms with E-state index >= 15 is 0 Å². The summed E-state index contributed by atoms with van der Waals surface area (Å²) >= 11 is 2.34. The van der Waals surface area contributed by atoms with Crippen molar-refractivity contribution in [2.75, 3.05) is 11.5 Å². The molecule has 0 saturated heterocycles. The number of nitrogens with two attached hydrogens (primary N) is 2. The van der Waals surface area contributed by atoms with E-state index in [1.165, 1.54) is 26.7 Å². The number of hydrogen-bond donors (Lipinski definition) is 2. The van der Waals surface area contributed by atoms with Gasteiger partial charge in [0.1, 0.15) is 0 Å². The molecule has 0 radical (unpaired) electrons. The van der Waals surface area contributed by atoms with Crippen LogP contribution in [0.3, 0.4) is 0 Å². The van der Waals surface area contributed by atoms with E-state index in [2.05, 4.69) is 53.8 Å². The standard InChI is InChI=1S/C18H23IN2/c1-2-4-14-11-15(18(21)17(19)12-14)6-3-5-13-7-9-16(20)10-8-13/h7-12H,2-6,20-21H2,1H3. The van der Waals surface area contributed by atoms with Crippen molar-refractivity contribution in [3.8, 4) is 0 Å². The molecule has 0 heterocycles. The third-order valence-electron chi connectivity index (χ3n) is 3.70. The second-order valence-electron chi connectivity index (χ2n) is 5.50. The highest BCUT2D eigenvalue weighted by Gasteiger charge is 2.06. The zero-order chi connectivity index (χ0) is 15.2. The van der Waals surface area contributed by atoms with Crippen molar-refractivity contribution in [1.82, 2.24) is 0 Å². The lowest BCUT2D eigenvalue weighted by atomic mass is 9.99. The Kier molecular flexibility index (Phi) is 5.91. The Morgan fingerprint density at radius 3 is 2.29 bits per heavy atom. The molecule has 0 amide bonds. The summed E-state index contributed by atoms with van der Waals surface area (Å²) in [5, 5.41) is 0. The molecule has 0 unspecified atom stereocenters. The molecule has 0 atom stereocenters. The summed E-state index contributed by atoms with van der Waals surface area (Å²) in [5.41, 5.74) is 17.7. The molecule has 2 nitrogen and oxygen atoms in total. The van der Waals surface area contributed by atoms with Gasteiger partial charge in [-0.25, -0.2) is 0 Å². The van der Waals surface area contributed by atoms with Crippen LogP contribution in [0.5, 0.6) is 0 Å². The second kappa shape index (κ2) is 7.69. The SMILES string of the molecule is CCCc1cc(I)c(N)c(CCCc2ccc(N)cc2)c1. The highest BCUT2D eigenvalue weighted by Crippen LogP contribution is 2.24. The average Bonchev–Trinajstić information content (AvgIpc) is 2.46. The molecular formula is C18H23IN2. The van der Waals surface area contributed by atoms with Crippen LogP contribution in [0, 0.1) is 3.57 Å². The molecular weight excluding hydrogens is 371 g/mol. The van der Waals surface area contributed by atoms with Gasteiger partial charge in [0.15, 0.2) is 0 Å². The normalized spacial score (nSPS) is 10.8. The van der Waals surface area contributed by atoms with E-state index in [4.69, 9.17) is 11.5 Å².